The molecule has 0 radical (unpaired) electrons. The lowest BCUT2D eigenvalue weighted by molar-refractivity contribution is -0.121. The molecule has 0 fully saturated rings. The standard InChI is InChI=1S/C15H19N5O/c1-10(2)7-12(21)17-6-4-5-11-8-20(3)15-13(11)14(16)18-9-19-15/h8-10H,6-7H2,1-3H3,(H,17,21)(H2,16,18,19). The molecule has 0 atom stereocenters. The van der Waals surface area contributed by atoms with Gasteiger partial charge in [0, 0.05) is 19.7 Å². The van der Waals surface area contributed by atoms with Crippen molar-refractivity contribution < 1.29 is 4.79 Å². The Morgan fingerprint density at radius 1 is 1.48 bits per heavy atom. The number of nitrogen functional groups attached to an aromatic ring is 1. The number of hydrogen-bond donors (Lipinski definition) is 2. The Labute approximate surface area is 123 Å². The van der Waals surface area contributed by atoms with Crippen molar-refractivity contribution in [3.05, 3.63) is 18.1 Å². The summed E-state index contributed by atoms with van der Waals surface area (Å²) in [5, 5.41) is 3.52. The Balaban J connectivity index is 2.11. The summed E-state index contributed by atoms with van der Waals surface area (Å²) in [6.45, 7) is 4.32. The van der Waals surface area contributed by atoms with Gasteiger partial charge in [-0.25, -0.2) is 9.97 Å². The van der Waals surface area contributed by atoms with E-state index in [1.165, 1.54) is 6.33 Å². The smallest absolute Gasteiger partial charge is 0.221 e. The number of rotatable bonds is 3. The maximum absolute atomic E-state index is 11.5. The molecule has 0 aliphatic carbocycles. The fraction of sp³-hybridized carbons (Fsp3) is 0.400. The zero-order valence-corrected chi connectivity index (χ0v) is 12.5. The summed E-state index contributed by atoms with van der Waals surface area (Å²) in [4.78, 5) is 19.7. The highest BCUT2D eigenvalue weighted by Crippen LogP contribution is 2.21. The van der Waals surface area contributed by atoms with Crippen LogP contribution >= 0.6 is 0 Å². The zero-order valence-electron chi connectivity index (χ0n) is 12.5. The highest BCUT2D eigenvalue weighted by Gasteiger charge is 2.09. The second kappa shape index (κ2) is 6.27. The summed E-state index contributed by atoms with van der Waals surface area (Å²) < 4.78 is 1.86. The first-order chi connectivity index (χ1) is 9.99. The van der Waals surface area contributed by atoms with Crippen molar-refractivity contribution in [3.8, 4) is 11.8 Å². The van der Waals surface area contributed by atoms with Crippen molar-refractivity contribution >= 4 is 22.8 Å². The van der Waals surface area contributed by atoms with Gasteiger partial charge in [-0.1, -0.05) is 25.7 Å². The second-order valence-corrected chi connectivity index (χ2v) is 5.29. The van der Waals surface area contributed by atoms with Crippen LogP contribution in [0.2, 0.25) is 0 Å². The van der Waals surface area contributed by atoms with Crippen LogP contribution < -0.4 is 11.1 Å². The fourth-order valence-corrected chi connectivity index (χ4v) is 2.05. The molecule has 110 valence electrons. The lowest BCUT2D eigenvalue weighted by Crippen LogP contribution is -2.24. The molecule has 21 heavy (non-hydrogen) atoms. The third-order valence-corrected chi connectivity index (χ3v) is 2.97. The lowest BCUT2D eigenvalue weighted by atomic mass is 10.1. The molecule has 0 bridgehead atoms. The molecule has 1 amide bonds. The van der Waals surface area contributed by atoms with E-state index in [2.05, 4.69) is 27.1 Å². The minimum absolute atomic E-state index is 0.0140. The highest BCUT2D eigenvalue weighted by atomic mass is 16.1. The molecule has 0 unspecified atom stereocenters. The Hall–Kier alpha value is -2.55. The van der Waals surface area contributed by atoms with Gasteiger partial charge in [-0.05, 0) is 5.92 Å². The van der Waals surface area contributed by atoms with Gasteiger partial charge in [-0.15, -0.1) is 0 Å². The van der Waals surface area contributed by atoms with E-state index in [0.29, 0.717) is 24.7 Å². The van der Waals surface area contributed by atoms with Gasteiger partial charge in [0.2, 0.25) is 5.91 Å². The summed E-state index contributed by atoms with van der Waals surface area (Å²) >= 11 is 0. The SMILES string of the molecule is CC(C)CC(=O)NCC#Cc1cn(C)c2ncnc(N)c12. The minimum Gasteiger partial charge on any atom is -0.383 e. The van der Waals surface area contributed by atoms with Gasteiger partial charge in [-0.3, -0.25) is 4.79 Å². The molecule has 6 heteroatoms. The summed E-state index contributed by atoms with van der Waals surface area (Å²) in [7, 11) is 1.88. The molecule has 2 aromatic heterocycles. The highest BCUT2D eigenvalue weighted by molar-refractivity contribution is 5.92. The lowest BCUT2D eigenvalue weighted by Gasteiger charge is -2.03. The molecule has 3 N–H and O–H groups in total. The third kappa shape index (κ3) is 3.51. The number of carbonyl (C=O) groups excluding carboxylic acids is 1. The molecule has 6 nitrogen and oxygen atoms in total. The molecule has 2 aromatic rings. The third-order valence-electron chi connectivity index (χ3n) is 2.97. The number of carbonyl (C=O) groups is 1. The summed E-state index contributed by atoms with van der Waals surface area (Å²) in [5.41, 5.74) is 7.39. The van der Waals surface area contributed by atoms with E-state index in [0.717, 1.165) is 16.6 Å². The maximum Gasteiger partial charge on any atom is 0.221 e. The molecule has 0 aliphatic heterocycles. The average Bonchev–Trinajstić information content (AvgIpc) is 2.72. The first kappa shape index (κ1) is 14.9. The largest absolute Gasteiger partial charge is 0.383 e. The van der Waals surface area contributed by atoms with Gasteiger partial charge in [0.1, 0.15) is 17.8 Å². The van der Waals surface area contributed by atoms with Crippen LogP contribution in [0.5, 0.6) is 0 Å². The molecule has 0 aliphatic rings. The molecular weight excluding hydrogens is 266 g/mol. The molecule has 0 spiro atoms. The number of anilines is 1. The topological polar surface area (TPSA) is 85.8 Å². The monoisotopic (exact) mass is 285 g/mol. The van der Waals surface area contributed by atoms with Gasteiger partial charge >= 0.3 is 0 Å². The number of fused-ring (bicyclic) bond motifs is 1. The predicted octanol–water partition coefficient (Wildman–Crippen LogP) is 1.06. The van der Waals surface area contributed by atoms with Crippen molar-refractivity contribution in [2.75, 3.05) is 12.3 Å². The van der Waals surface area contributed by atoms with E-state index in [1.54, 1.807) is 0 Å². The van der Waals surface area contributed by atoms with Crippen molar-refractivity contribution in [1.82, 2.24) is 19.9 Å². The van der Waals surface area contributed by atoms with E-state index in [4.69, 9.17) is 5.73 Å². The zero-order chi connectivity index (χ0) is 15.4. The van der Waals surface area contributed by atoms with Gasteiger partial charge in [0.05, 0.1) is 17.5 Å². The van der Waals surface area contributed by atoms with Crippen molar-refractivity contribution in [3.63, 3.8) is 0 Å². The molecule has 2 rings (SSSR count). The Bertz CT molecular complexity index is 721. The first-order valence-corrected chi connectivity index (χ1v) is 6.80. The van der Waals surface area contributed by atoms with Gasteiger partial charge in [0.25, 0.3) is 0 Å². The van der Waals surface area contributed by atoms with Crippen LogP contribution in [0.25, 0.3) is 11.0 Å². The van der Waals surface area contributed by atoms with Crippen LogP contribution in [0.4, 0.5) is 5.82 Å². The van der Waals surface area contributed by atoms with E-state index in [9.17, 15) is 4.79 Å². The van der Waals surface area contributed by atoms with E-state index >= 15 is 0 Å². The van der Waals surface area contributed by atoms with Crippen molar-refractivity contribution in [2.45, 2.75) is 20.3 Å². The molecule has 0 aromatic carbocycles. The van der Waals surface area contributed by atoms with Crippen molar-refractivity contribution in [2.24, 2.45) is 13.0 Å². The van der Waals surface area contributed by atoms with Gasteiger partial charge in [0.15, 0.2) is 0 Å². The predicted molar refractivity (Wildman–Crippen MR) is 82.3 cm³/mol. The number of nitrogens with two attached hydrogens (primary N) is 1. The number of amides is 1. The second-order valence-electron chi connectivity index (χ2n) is 5.29. The minimum atomic E-state index is 0.0140. The first-order valence-electron chi connectivity index (χ1n) is 6.80. The summed E-state index contributed by atoms with van der Waals surface area (Å²) in [5.74, 6) is 6.71. The fourth-order valence-electron chi connectivity index (χ4n) is 2.05. The van der Waals surface area contributed by atoms with E-state index in [1.807, 2.05) is 31.7 Å². The van der Waals surface area contributed by atoms with Crippen LogP contribution in [0.15, 0.2) is 12.5 Å². The number of nitrogens with one attached hydrogen (secondary N) is 1. The van der Waals surface area contributed by atoms with Gasteiger partial charge < -0.3 is 15.6 Å². The molecular formula is C15H19N5O. The van der Waals surface area contributed by atoms with Crippen LogP contribution in [-0.4, -0.2) is 27.0 Å². The molecule has 0 saturated carbocycles. The van der Waals surface area contributed by atoms with Crippen LogP contribution in [0, 0.1) is 17.8 Å². The summed E-state index contributed by atoms with van der Waals surface area (Å²) in [6.07, 6.45) is 3.80. The Kier molecular flexibility index (Phi) is 4.43. The van der Waals surface area contributed by atoms with Crippen LogP contribution in [0.3, 0.4) is 0 Å². The quantitative estimate of drug-likeness (QED) is 0.826. The van der Waals surface area contributed by atoms with Gasteiger partial charge in [-0.2, -0.15) is 0 Å². The maximum atomic E-state index is 11.5. The normalized spacial score (nSPS) is 10.5. The average molecular weight is 285 g/mol. The van der Waals surface area contributed by atoms with E-state index in [-0.39, 0.29) is 5.91 Å². The van der Waals surface area contributed by atoms with Crippen LogP contribution in [-0.2, 0) is 11.8 Å². The molecule has 0 saturated heterocycles. The molecule has 2 heterocycles. The number of hydrogen-bond acceptors (Lipinski definition) is 4. The number of aryl methyl sites for hydroxylation is 1. The van der Waals surface area contributed by atoms with Crippen LogP contribution in [0.1, 0.15) is 25.8 Å². The Morgan fingerprint density at radius 3 is 2.95 bits per heavy atom. The summed E-state index contributed by atoms with van der Waals surface area (Å²) in [6, 6.07) is 0. The number of nitrogens with zero attached hydrogens (tertiary/aromatic N) is 3. The van der Waals surface area contributed by atoms with Crippen molar-refractivity contribution in [1.29, 1.82) is 0 Å². The Morgan fingerprint density at radius 2 is 2.24 bits per heavy atom. The number of aromatic nitrogens is 3. The van der Waals surface area contributed by atoms with E-state index < -0.39 is 0 Å².